The first-order valence-electron chi connectivity index (χ1n) is 10.1. The molecule has 1 amide bonds. The zero-order valence-electron chi connectivity index (χ0n) is 17.7. The third-order valence-corrected chi connectivity index (χ3v) is 5.16. The number of nitrogens with zero attached hydrogens (tertiary/aromatic N) is 4. The highest BCUT2D eigenvalue weighted by Gasteiger charge is 2.21. The number of hydrogen-bond acceptors (Lipinski definition) is 5. The molecule has 0 unspecified atom stereocenters. The lowest BCUT2D eigenvalue weighted by atomic mass is 10.2. The quantitative estimate of drug-likeness (QED) is 0.552. The van der Waals surface area contributed by atoms with Gasteiger partial charge in [-0.3, -0.25) is 9.79 Å². The van der Waals surface area contributed by atoms with Crippen molar-refractivity contribution in [3.63, 3.8) is 0 Å². The number of aryl methyl sites for hydroxylation is 2. The Morgan fingerprint density at radius 2 is 1.87 bits per heavy atom. The lowest BCUT2D eigenvalue weighted by Crippen LogP contribution is -2.49. The average Bonchev–Trinajstić information content (AvgIpc) is 3.08. The topological polar surface area (TPSA) is 86.0 Å². The number of piperazine rings is 1. The number of benzene rings is 1. The van der Waals surface area contributed by atoms with E-state index in [-0.39, 0.29) is 11.7 Å². The molecular weight excluding hydrogens is 387 g/mol. The maximum atomic E-state index is 13.1. The van der Waals surface area contributed by atoms with Crippen LogP contribution < -0.4 is 15.5 Å². The Morgan fingerprint density at radius 1 is 1.17 bits per heavy atom. The van der Waals surface area contributed by atoms with Gasteiger partial charge in [-0.25, -0.2) is 9.37 Å². The molecule has 162 valence electrons. The van der Waals surface area contributed by atoms with Gasteiger partial charge in [0.05, 0.1) is 12.2 Å². The standard InChI is InChI=1S/C21H29FN6O2/c1-15-16(2)30-19(26-15)14-25-21(23-3)24-9-8-20(29)28-12-10-27(11-13-28)18-6-4-17(22)5-7-18/h4-7H,8-14H2,1-3H3,(H2,23,24,25). The Morgan fingerprint density at radius 3 is 2.47 bits per heavy atom. The van der Waals surface area contributed by atoms with Gasteiger partial charge in [-0.1, -0.05) is 0 Å². The minimum Gasteiger partial charge on any atom is -0.444 e. The molecule has 3 rings (SSSR count). The van der Waals surface area contributed by atoms with Crippen LogP contribution in [0, 0.1) is 19.7 Å². The summed E-state index contributed by atoms with van der Waals surface area (Å²) >= 11 is 0. The highest BCUT2D eigenvalue weighted by molar-refractivity contribution is 5.81. The Kier molecular flexibility index (Phi) is 7.26. The lowest BCUT2D eigenvalue weighted by molar-refractivity contribution is -0.131. The molecule has 0 saturated carbocycles. The first kappa shape index (κ1) is 21.6. The summed E-state index contributed by atoms with van der Waals surface area (Å²) in [7, 11) is 1.68. The molecule has 8 nitrogen and oxygen atoms in total. The molecule has 1 fully saturated rings. The fourth-order valence-corrected chi connectivity index (χ4v) is 3.31. The van der Waals surface area contributed by atoms with Gasteiger partial charge in [0.1, 0.15) is 11.6 Å². The number of carbonyl (C=O) groups excluding carboxylic acids is 1. The summed E-state index contributed by atoms with van der Waals surface area (Å²) in [6.07, 6.45) is 0.383. The van der Waals surface area contributed by atoms with E-state index in [4.69, 9.17) is 4.42 Å². The van der Waals surface area contributed by atoms with Crippen molar-refractivity contribution in [3.8, 4) is 0 Å². The van der Waals surface area contributed by atoms with Gasteiger partial charge in [-0.05, 0) is 38.1 Å². The molecule has 1 aromatic heterocycles. The van der Waals surface area contributed by atoms with E-state index in [0.717, 1.165) is 30.2 Å². The summed E-state index contributed by atoms with van der Waals surface area (Å²) in [5, 5.41) is 6.28. The second-order valence-electron chi connectivity index (χ2n) is 7.20. The van der Waals surface area contributed by atoms with Gasteiger partial charge in [0.15, 0.2) is 5.96 Å². The van der Waals surface area contributed by atoms with Crippen LogP contribution in [0.3, 0.4) is 0 Å². The molecule has 0 radical (unpaired) electrons. The number of carbonyl (C=O) groups is 1. The number of oxazole rings is 1. The second-order valence-corrected chi connectivity index (χ2v) is 7.20. The molecule has 0 aliphatic carbocycles. The summed E-state index contributed by atoms with van der Waals surface area (Å²) in [4.78, 5) is 25.0. The zero-order chi connectivity index (χ0) is 21.5. The number of rotatable bonds is 6. The smallest absolute Gasteiger partial charge is 0.224 e. The largest absolute Gasteiger partial charge is 0.444 e. The van der Waals surface area contributed by atoms with Crippen LogP contribution in [0.1, 0.15) is 23.8 Å². The lowest BCUT2D eigenvalue weighted by Gasteiger charge is -2.36. The molecule has 0 atom stereocenters. The van der Waals surface area contributed by atoms with Crippen molar-refractivity contribution in [3.05, 3.63) is 47.4 Å². The summed E-state index contributed by atoms with van der Waals surface area (Å²) < 4.78 is 18.6. The highest BCUT2D eigenvalue weighted by Crippen LogP contribution is 2.17. The summed E-state index contributed by atoms with van der Waals surface area (Å²) in [5.41, 5.74) is 1.86. The van der Waals surface area contributed by atoms with Gasteiger partial charge in [0, 0.05) is 51.9 Å². The van der Waals surface area contributed by atoms with Gasteiger partial charge in [0.25, 0.3) is 0 Å². The van der Waals surface area contributed by atoms with E-state index in [2.05, 4.69) is 25.5 Å². The molecule has 1 saturated heterocycles. The van der Waals surface area contributed by atoms with E-state index in [0.29, 0.717) is 44.5 Å². The first-order chi connectivity index (χ1) is 14.5. The van der Waals surface area contributed by atoms with Crippen molar-refractivity contribution in [1.82, 2.24) is 20.5 Å². The molecule has 1 aromatic carbocycles. The molecule has 30 heavy (non-hydrogen) atoms. The van der Waals surface area contributed by atoms with Gasteiger partial charge in [0.2, 0.25) is 11.8 Å². The summed E-state index contributed by atoms with van der Waals surface area (Å²) in [6, 6.07) is 6.47. The van der Waals surface area contributed by atoms with Crippen LogP contribution >= 0.6 is 0 Å². The Hall–Kier alpha value is -3.10. The van der Waals surface area contributed by atoms with Crippen molar-refractivity contribution in [2.75, 3.05) is 44.7 Å². The van der Waals surface area contributed by atoms with Crippen LogP contribution in [-0.2, 0) is 11.3 Å². The Balaban J connectivity index is 1.37. The Bertz CT molecular complexity index is 853. The predicted molar refractivity (Wildman–Crippen MR) is 114 cm³/mol. The van der Waals surface area contributed by atoms with E-state index < -0.39 is 0 Å². The fourth-order valence-electron chi connectivity index (χ4n) is 3.31. The monoisotopic (exact) mass is 416 g/mol. The maximum Gasteiger partial charge on any atom is 0.224 e. The van der Waals surface area contributed by atoms with E-state index in [1.54, 1.807) is 19.2 Å². The fraction of sp³-hybridized carbons (Fsp3) is 0.476. The SMILES string of the molecule is CN=C(NCCC(=O)N1CCN(c2ccc(F)cc2)CC1)NCc1nc(C)c(C)o1. The minimum absolute atomic E-state index is 0.107. The maximum absolute atomic E-state index is 13.1. The molecule has 2 heterocycles. The molecule has 2 aromatic rings. The minimum atomic E-state index is -0.241. The molecule has 2 N–H and O–H groups in total. The summed E-state index contributed by atoms with van der Waals surface area (Å²) in [5.74, 6) is 1.87. The van der Waals surface area contributed by atoms with Crippen LogP contribution in [-0.4, -0.2) is 61.5 Å². The van der Waals surface area contributed by atoms with Crippen molar-refractivity contribution in [1.29, 1.82) is 0 Å². The van der Waals surface area contributed by atoms with Crippen LogP contribution in [0.2, 0.25) is 0 Å². The number of hydrogen-bond donors (Lipinski definition) is 2. The van der Waals surface area contributed by atoms with Crippen LogP contribution in [0.15, 0.2) is 33.7 Å². The normalized spacial score (nSPS) is 14.7. The number of amides is 1. The third kappa shape index (κ3) is 5.71. The van der Waals surface area contributed by atoms with E-state index >= 15 is 0 Å². The number of halogens is 1. The van der Waals surface area contributed by atoms with E-state index in [1.807, 2.05) is 18.7 Å². The van der Waals surface area contributed by atoms with Crippen LogP contribution in [0.5, 0.6) is 0 Å². The summed E-state index contributed by atoms with van der Waals surface area (Å²) in [6.45, 7) is 7.49. The number of anilines is 1. The van der Waals surface area contributed by atoms with Crippen molar-refractivity contribution < 1.29 is 13.6 Å². The predicted octanol–water partition coefficient (Wildman–Crippen LogP) is 1.83. The molecule has 9 heteroatoms. The van der Waals surface area contributed by atoms with Gasteiger partial charge in [-0.2, -0.15) is 0 Å². The molecule has 0 bridgehead atoms. The number of aliphatic imine (C=N–C) groups is 1. The number of aromatic nitrogens is 1. The van der Waals surface area contributed by atoms with Crippen molar-refractivity contribution >= 4 is 17.6 Å². The third-order valence-electron chi connectivity index (χ3n) is 5.16. The first-order valence-corrected chi connectivity index (χ1v) is 10.1. The van der Waals surface area contributed by atoms with Gasteiger partial charge < -0.3 is 24.9 Å². The number of nitrogens with one attached hydrogen (secondary N) is 2. The van der Waals surface area contributed by atoms with E-state index in [9.17, 15) is 9.18 Å². The molecular formula is C21H29FN6O2. The molecule has 1 aliphatic rings. The number of guanidine groups is 1. The molecule has 1 aliphatic heterocycles. The average molecular weight is 417 g/mol. The zero-order valence-corrected chi connectivity index (χ0v) is 17.7. The van der Waals surface area contributed by atoms with Crippen LogP contribution in [0.25, 0.3) is 0 Å². The highest BCUT2D eigenvalue weighted by atomic mass is 19.1. The van der Waals surface area contributed by atoms with Gasteiger partial charge >= 0.3 is 0 Å². The molecule has 0 spiro atoms. The van der Waals surface area contributed by atoms with E-state index in [1.165, 1.54) is 12.1 Å². The van der Waals surface area contributed by atoms with Crippen molar-refractivity contribution in [2.45, 2.75) is 26.8 Å². The second kappa shape index (κ2) is 10.1. The van der Waals surface area contributed by atoms with Crippen LogP contribution in [0.4, 0.5) is 10.1 Å². The Labute approximate surface area is 176 Å². The van der Waals surface area contributed by atoms with Gasteiger partial charge in [-0.15, -0.1) is 0 Å². The van der Waals surface area contributed by atoms with Crippen molar-refractivity contribution in [2.24, 2.45) is 4.99 Å².